The van der Waals surface area contributed by atoms with Gasteiger partial charge in [0, 0.05) is 37.0 Å². The molecule has 0 radical (unpaired) electrons. The van der Waals surface area contributed by atoms with Crippen LogP contribution < -0.4 is 10.5 Å². The molecule has 4 atom stereocenters. The predicted molar refractivity (Wildman–Crippen MR) is 102 cm³/mol. The van der Waals surface area contributed by atoms with Gasteiger partial charge < -0.3 is 25.2 Å². The van der Waals surface area contributed by atoms with E-state index in [4.69, 9.17) is 20.2 Å². The Morgan fingerprint density at radius 1 is 1.25 bits per heavy atom. The number of nitrogens with two attached hydrogens (primary N) is 1. The second-order valence-corrected chi connectivity index (χ2v) is 7.92. The molecule has 3 aliphatic heterocycles. The molecule has 146 valence electrons. The van der Waals surface area contributed by atoms with Crippen LogP contribution in [0, 0.1) is 5.41 Å². The van der Waals surface area contributed by atoms with Gasteiger partial charge in [0.2, 0.25) is 0 Å². The molecule has 8 nitrogen and oxygen atoms in total. The smallest absolute Gasteiger partial charge is 0.194 e. The fourth-order valence-electron chi connectivity index (χ4n) is 4.79. The standard InChI is InChI=1S/C20H23N5O3/c1-19-10-27-6-5-16(19)28-15-4-3-12(13-8-22-11-23-9-13)7-14(15)20(19)17(26)25(2)18(21)24-20/h3-4,7-9,11,16-17,26H,5-6,10H2,1-2H3,(H2,21,24)/t16?,17?,19?,20-/m1/s1. The summed E-state index contributed by atoms with van der Waals surface area (Å²) in [5.74, 6) is 1.02. The molecule has 3 unspecified atom stereocenters. The molecule has 2 aromatic rings. The predicted octanol–water partition coefficient (Wildman–Crippen LogP) is 1.10. The summed E-state index contributed by atoms with van der Waals surface area (Å²) in [5.41, 5.74) is 7.23. The van der Waals surface area contributed by atoms with Crippen molar-refractivity contribution in [1.82, 2.24) is 14.9 Å². The summed E-state index contributed by atoms with van der Waals surface area (Å²) in [6.45, 7) is 3.12. The lowest BCUT2D eigenvalue weighted by molar-refractivity contribution is -0.168. The second kappa shape index (κ2) is 5.89. The first kappa shape index (κ1) is 17.4. The number of guanidine groups is 1. The third-order valence-corrected chi connectivity index (χ3v) is 6.45. The van der Waals surface area contributed by atoms with Gasteiger partial charge in [-0.05, 0) is 17.7 Å². The number of ether oxygens (including phenoxy) is 2. The van der Waals surface area contributed by atoms with Crippen LogP contribution in [-0.2, 0) is 10.3 Å². The van der Waals surface area contributed by atoms with E-state index in [9.17, 15) is 5.11 Å². The van der Waals surface area contributed by atoms with E-state index in [1.165, 1.54) is 6.33 Å². The maximum absolute atomic E-state index is 11.4. The molecule has 0 saturated carbocycles. The van der Waals surface area contributed by atoms with Gasteiger partial charge in [0.25, 0.3) is 0 Å². The molecule has 8 heteroatoms. The van der Waals surface area contributed by atoms with E-state index in [-0.39, 0.29) is 6.10 Å². The van der Waals surface area contributed by atoms with E-state index in [1.54, 1.807) is 24.3 Å². The van der Waals surface area contributed by atoms with Gasteiger partial charge in [0.15, 0.2) is 12.2 Å². The molecule has 3 aliphatic rings. The van der Waals surface area contributed by atoms with Crippen LogP contribution in [0.5, 0.6) is 5.75 Å². The van der Waals surface area contributed by atoms with Gasteiger partial charge in [-0.1, -0.05) is 13.0 Å². The Bertz CT molecular complexity index is 952. The Labute approximate surface area is 163 Å². The maximum atomic E-state index is 11.4. The second-order valence-electron chi connectivity index (χ2n) is 7.92. The van der Waals surface area contributed by atoms with Gasteiger partial charge in [-0.15, -0.1) is 0 Å². The van der Waals surface area contributed by atoms with Crippen molar-refractivity contribution < 1.29 is 14.6 Å². The number of aliphatic imine (C=N–C) groups is 1. The number of fused-ring (bicyclic) bond motifs is 4. The summed E-state index contributed by atoms with van der Waals surface area (Å²) in [4.78, 5) is 14.7. The van der Waals surface area contributed by atoms with E-state index < -0.39 is 17.2 Å². The molecule has 0 bridgehead atoms. The molecule has 1 fully saturated rings. The molecule has 28 heavy (non-hydrogen) atoms. The van der Waals surface area contributed by atoms with Crippen LogP contribution in [0.4, 0.5) is 0 Å². The average molecular weight is 381 g/mol. The number of benzene rings is 1. The molecule has 3 N–H and O–H groups in total. The molecule has 1 aromatic carbocycles. The zero-order valence-corrected chi connectivity index (χ0v) is 15.9. The number of nitrogens with zero attached hydrogens (tertiary/aromatic N) is 4. The Balaban J connectivity index is 1.76. The van der Waals surface area contributed by atoms with Gasteiger partial charge in [-0.2, -0.15) is 0 Å². The summed E-state index contributed by atoms with van der Waals surface area (Å²) < 4.78 is 12.2. The van der Waals surface area contributed by atoms with Crippen molar-refractivity contribution in [2.45, 2.75) is 31.2 Å². The Kier molecular flexibility index (Phi) is 3.66. The highest BCUT2D eigenvalue weighted by Gasteiger charge is 2.66. The van der Waals surface area contributed by atoms with Crippen LogP contribution >= 0.6 is 0 Å². The van der Waals surface area contributed by atoms with Crippen molar-refractivity contribution in [3.8, 4) is 16.9 Å². The van der Waals surface area contributed by atoms with E-state index in [0.717, 1.165) is 28.9 Å². The average Bonchev–Trinajstić information content (AvgIpc) is 2.95. The largest absolute Gasteiger partial charge is 0.489 e. The number of hydrogen-bond acceptors (Lipinski definition) is 8. The first-order chi connectivity index (χ1) is 13.5. The maximum Gasteiger partial charge on any atom is 0.194 e. The fourth-order valence-corrected chi connectivity index (χ4v) is 4.79. The molecular weight excluding hydrogens is 358 g/mol. The number of aliphatic hydroxyl groups is 1. The van der Waals surface area contributed by atoms with E-state index in [2.05, 4.69) is 16.9 Å². The lowest BCUT2D eigenvalue weighted by Gasteiger charge is -2.55. The molecule has 1 spiro atoms. The van der Waals surface area contributed by atoms with Crippen molar-refractivity contribution in [2.24, 2.45) is 16.1 Å². The number of hydrogen-bond donors (Lipinski definition) is 2. The normalized spacial score (nSPS) is 33.8. The number of aromatic nitrogens is 2. The Morgan fingerprint density at radius 2 is 2.04 bits per heavy atom. The molecule has 4 heterocycles. The minimum absolute atomic E-state index is 0.127. The highest BCUT2D eigenvalue weighted by atomic mass is 16.5. The van der Waals surface area contributed by atoms with Crippen LogP contribution in [0.25, 0.3) is 11.1 Å². The number of likely N-dealkylation sites (N-methyl/N-ethyl adjacent to an activating group) is 1. The van der Waals surface area contributed by atoms with Crippen molar-refractivity contribution in [1.29, 1.82) is 0 Å². The minimum Gasteiger partial charge on any atom is -0.489 e. The summed E-state index contributed by atoms with van der Waals surface area (Å²) in [5, 5.41) is 11.4. The first-order valence-corrected chi connectivity index (χ1v) is 9.38. The lowest BCUT2D eigenvalue weighted by Crippen LogP contribution is -2.64. The summed E-state index contributed by atoms with van der Waals surface area (Å²) >= 11 is 0. The molecule has 5 rings (SSSR count). The highest BCUT2D eigenvalue weighted by molar-refractivity contribution is 5.82. The molecule has 0 aliphatic carbocycles. The summed E-state index contributed by atoms with van der Waals surface area (Å²) in [6, 6.07) is 5.92. The SMILES string of the molecule is CN1C(N)=N[C@]2(c3cc(-c4cncnc4)ccc3OC3CCOCC32C)C1O. The third-order valence-electron chi connectivity index (χ3n) is 6.45. The Morgan fingerprint density at radius 3 is 2.75 bits per heavy atom. The van der Waals surface area contributed by atoms with Gasteiger partial charge in [0.1, 0.15) is 23.7 Å². The Hall–Kier alpha value is -2.71. The van der Waals surface area contributed by atoms with Gasteiger partial charge >= 0.3 is 0 Å². The van der Waals surface area contributed by atoms with Crippen LogP contribution in [0.1, 0.15) is 18.9 Å². The van der Waals surface area contributed by atoms with Crippen LogP contribution in [0.15, 0.2) is 41.9 Å². The zero-order chi connectivity index (χ0) is 19.5. The molecule has 0 amide bonds. The van der Waals surface area contributed by atoms with E-state index in [1.807, 2.05) is 18.2 Å². The monoisotopic (exact) mass is 381 g/mol. The van der Waals surface area contributed by atoms with Crippen molar-refractivity contribution in [3.63, 3.8) is 0 Å². The van der Waals surface area contributed by atoms with Crippen LogP contribution in [-0.4, -0.2) is 58.5 Å². The summed E-state index contributed by atoms with van der Waals surface area (Å²) in [6.07, 6.45) is 4.70. The third kappa shape index (κ3) is 2.10. The minimum atomic E-state index is -0.990. The number of aliphatic hydroxyl groups excluding tert-OH is 1. The van der Waals surface area contributed by atoms with Gasteiger partial charge in [0.05, 0.1) is 18.6 Å². The molecule has 1 aromatic heterocycles. The highest BCUT2D eigenvalue weighted by Crippen LogP contribution is 2.59. The first-order valence-electron chi connectivity index (χ1n) is 9.38. The van der Waals surface area contributed by atoms with Crippen molar-refractivity contribution in [3.05, 3.63) is 42.5 Å². The van der Waals surface area contributed by atoms with Crippen molar-refractivity contribution >= 4 is 5.96 Å². The van der Waals surface area contributed by atoms with Crippen LogP contribution in [0.2, 0.25) is 0 Å². The fraction of sp³-hybridized carbons (Fsp3) is 0.450. The van der Waals surface area contributed by atoms with Gasteiger partial charge in [-0.3, -0.25) is 0 Å². The van der Waals surface area contributed by atoms with E-state index in [0.29, 0.717) is 19.2 Å². The quantitative estimate of drug-likeness (QED) is 0.762. The zero-order valence-electron chi connectivity index (χ0n) is 15.9. The van der Waals surface area contributed by atoms with E-state index >= 15 is 0 Å². The molecular formula is C20H23N5O3. The summed E-state index contributed by atoms with van der Waals surface area (Å²) in [7, 11) is 1.75. The van der Waals surface area contributed by atoms with Crippen molar-refractivity contribution in [2.75, 3.05) is 20.3 Å². The number of rotatable bonds is 1. The molecule has 1 saturated heterocycles. The topological polar surface area (TPSA) is 106 Å². The lowest BCUT2D eigenvalue weighted by atomic mass is 9.60. The van der Waals surface area contributed by atoms with Crippen LogP contribution in [0.3, 0.4) is 0 Å². The van der Waals surface area contributed by atoms with Gasteiger partial charge in [-0.25, -0.2) is 15.0 Å².